The molecule has 1 aromatic rings. The summed E-state index contributed by atoms with van der Waals surface area (Å²) in [5, 5.41) is 18.6. The monoisotopic (exact) mass is 383 g/mol. The molecule has 1 aromatic carbocycles. The van der Waals surface area contributed by atoms with Gasteiger partial charge in [-0.15, -0.1) is 0 Å². The third kappa shape index (κ3) is 5.60. The molecule has 0 aromatic heterocycles. The van der Waals surface area contributed by atoms with Crippen LogP contribution >= 0.6 is 15.9 Å². The summed E-state index contributed by atoms with van der Waals surface area (Å²) in [6, 6.07) is 5.49. The van der Waals surface area contributed by atoms with Crippen molar-refractivity contribution < 1.29 is 14.7 Å². The second-order valence-corrected chi connectivity index (χ2v) is 6.82. The average Bonchev–Trinajstić information content (AvgIpc) is 2.49. The van der Waals surface area contributed by atoms with Gasteiger partial charge < -0.3 is 21.1 Å². The zero-order valence-corrected chi connectivity index (χ0v) is 14.7. The van der Waals surface area contributed by atoms with Gasteiger partial charge in [0.15, 0.2) is 0 Å². The van der Waals surface area contributed by atoms with Crippen LogP contribution in [-0.4, -0.2) is 42.2 Å². The maximum atomic E-state index is 11.9. The van der Waals surface area contributed by atoms with E-state index in [1.54, 1.807) is 6.07 Å². The van der Waals surface area contributed by atoms with Crippen molar-refractivity contribution in [1.82, 2.24) is 10.6 Å². The number of β-amino-alcohol motifs (C(OH)–C–C–N with tert-alkyl or cyclic N) is 1. The van der Waals surface area contributed by atoms with Gasteiger partial charge in [0.1, 0.15) is 0 Å². The number of halogens is 1. The fraction of sp³-hybridized carbons (Fsp3) is 0.500. The standard InChI is InChI=1S/C16H22BrN3O3/c1-11-7-12(3-4-13(11)17)20-15(22)9-19-14(21)8-16(23)5-2-6-18-10-16/h3-4,7,18,23H,2,5-6,8-10H2,1H3,(H,19,21)(H,20,22). The predicted molar refractivity (Wildman–Crippen MR) is 92.2 cm³/mol. The van der Waals surface area contributed by atoms with Crippen molar-refractivity contribution in [2.75, 3.05) is 25.0 Å². The molecule has 0 aliphatic carbocycles. The molecule has 1 atom stereocenters. The van der Waals surface area contributed by atoms with Crippen LogP contribution in [0.1, 0.15) is 24.8 Å². The van der Waals surface area contributed by atoms with Crippen LogP contribution in [0.5, 0.6) is 0 Å². The Morgan fingerprint density at radius 3 is 2.83 bits per heavy atom. The van der Waals surface area contributed by atoms with Crippen LogP contribution in [0.25, 0.3) is 0 Å². The molecule has 0 radical (unpaired) electrons. The average molecular weight is 384 g/mol. The van der Waals surface area contributed by atoms with Gasteiger partial charge in [0.05, 0.1) is 18.6 Å². The van der Waals surface area contributed by atoms with E-state index in [2.05, 4.69) is 31.9 Å². The van der Waals surface area contributed by atoms with Crippen LogP contribution < -0.4 is 16.0 Å². The largest absolute Gasteiger partial charge is 0.388 e. The van der Waals surface area contributed by atoms with Gasteiger partial charge in [-0.2, -0.15) is 0 Å². The minimum atomic E-state index is -1.01. The van der Waals surface area contributed by atoms with Crippen LogP contribution in [-0.2, 0) is 9.59 Å². The van der Waals surface area contributed by atoms with Crippen LogP contribution in [0.3, 0.4) is 0 Å². The number of nitrogens with one attached hydrogen (secondary N) is 3. The fourth-order valence-electron chi connectivity index (χ4n) is 2.57. The molecule has 2 amide bonds. The quantitative estimate of drug-likeness (QED) is 0.617. The van der Waals surface area contributed by atoms with Crippen molar-refractivity contribution in [2.45, 2.75) is 31.8 Å². The van der Waals surface area contributed by atoms with E-state index < -0.39 is 5.60 Å². The Kier molecular flexibility index (Phi) is 6.15. The smallest absolute Gasteiger partial charge is 0.243 e. The van der Waals surface area contributed by atoms with E-state index in [1.165, 1.54) is 0 Å². The van der Waals surface area contributed by atoms with Crippen LogP contribution in [0.2, 0.25) is 0 Å². The molecule has 0 saturated carbocycles. The van der Waals surface area contributed by atoms with E-state index in [-0.39, 0.29) is 24.8 Å². The SMILES string of the molecule is Cc1cc(NC(=O)CNC(=O)CC2(O)CCCNC2)ccc1Br. The van der Waals surface area contributed by atoms with Crippen LogP contribution in [0.15, 0.2) is 22.7 Å². The summed E-state index contributed by atoms with van der Waals surface area (Å²) in [4.78, 5) is 23.8. The third-order valence-electron chi connectivity index (χ3n) is 3.83. The number of hydrogen-bond acceptors (Lipinski definition) is 4. The molecule has 126 valence electrons. The lowest BCUT2D eigenvalue weighted by atomic mass is 9.90. The van der Waals surface area contributed by atoms with Crippen molar-refractivity contribution in [2.24, 2.45) is 0 Å². The highest BCUT2D eigenvalue weighted by Crippen LogP contribution is 2.20. The van der Waals surface area contributed by atoms with E-state index in [4.69, 9.17) is 0 Å². The normalized spacial score (nSPS) is 20.8. The summed E-state index contributed by atoms with van der Waals surface area (Å²) in [5.74, 6) is -0.618. The number of aliphatic hydroxyl groups is 1. The highest BCUT2D eigenvalue weighted by atomic mass is 79.9. The number of carbonyl (C=O) groups is 2. The molecule has 1 fully saturated rings. The van der Waals surface area contributed by atoms with Gasteiger partial charge in [0.2, 0.25) is 11.8 Å². The molecule has 7 heteroatoms. The lowest BCUT2D eigenvalue weighted by Crippen LogP contribution is -2.49. The fourth-order valence-corrected chi connectivity index (χ4v) is 2.82. The van der Waals surface area contributed by atoms with E-state index in [0.717, 1.165) is 23.0 Å². The molecular weight excluding hydrogens is 362 g/mol. The molecule has 23 heavy (non-hydrogen) atoms. The molecule has 4 N–H and O–H groups in total. The number of rotatable bonds is 5. The molecule has 0 spiro atoms. The molecule has 6 nitrogen and oxygen atoms in total. The Labute approximate surface area is 144 Å². The summed E-state index contributed by atoms with van der Waals surface area (Å²) < 4.78 is 0.970. The Balaban J connectivity index is 1.77. The maximum absolute atomic E-state index is 11.9. The van der Waals surface area contributed by atoms with Gasteiger partial charge in [0, 0.05) is 16.7 Å². The third-order valence-corrected chi connectivity index (χ3v) is 4.72. The summed E-state index contributed by atoms with van der Waals surface area (Å²) in [5.41, 5.74) is 0.681. The Hall–Kier alpha value is -1.44. The Morgan fingerprint density at radius 2 is 2.17 bits per heavy atom. The minimum Gasteiger partial charge on any atom is -0.388 e. The Bertz CT molecular complexity index is 586. The summed E-state index contributed by atoms with van der Waals surface area (Å²) in [7, 11) is 0. The van der Waals surface area contributed by atoms with Crippen molar-refractivity contribution in [3.63, 3.8) is 0 Å². The minimum absolute atomic E-state index is 0.00463. The number of benzene rings is 1. The van der Waals surface area contributed by atoms with E-state index >= 15 is 0 Å². The number of amides is 2. The number of carbonyl (C=O) groups excluding carboxylic acids is 2. The van der Waals surface area contributed by atoms with Gasteiger partial charge in [-0.25, -0.2) is 0 Å². The molecule has 1 aliphatic heterocycles. The number of piperidine rings is 1. The topological polar surface area (TPSA) is 90.5 Å². The highest BCUT2D eigenvalue weighted by molar-refractivity contribution is 9.10. The first-order chi connectivity index (χ1) is 10.9. The molecule has 1 saturated heterocycles. The molecule has 1 aliphatic rings. The number of aryl methyl sites for hydroxylation is 1. The van der Waals surface area contributed by atoms with Gasteiger partial charge in [-0.05, 0) is 50.1 Å². The number of anilines is 1. The molecule has 2 rings (SSSR count). The van der Waals surface area contributed by atoms with Gasteiger partial charge in [-0.3, -0.25) is 9.59 Å². The van der Waals surface area contributed by atoms with Crippen molar-refractivity contribution in [3.05, 3.63) is 28.2 Å². The van der Waals surface area contributed by atoms with Crippen LogP contribution in [0, 0.1) is 6.92 Å². The van der Waals surface area contributed by atoms with Gasteiger partial charge in [0.25, 0.3) is 0 Å². The maximum Gasteiger partial charge on any atom is 0.243 e. The van der Waals surface area contributed by atoms with Crippen LogP contribution in [0.4, 0.5) is 5.69 Å². The molecular formula is C16H22BrN3O3. The molecule has 1 unspecified atom stereocenters. The highest BCUT2D eigenvalue weighted by Gasteiger charge is 2.31. The lowest BCUT2D eigenvalue weighted by molar-refractivity contribution is -0.128. The first-order valence-corrected chi connectivity index (χ1v) is 8.43. The first-order valence-electron chi connectivity index (χ1n) is 7.64. The Morgan fingerprint density at radius 1 is 1.39 bits per heavy atom. The van der Waals surface area contributed by atoms with Crippen molar-refractivity contribution >= 4 is 33.4 Å². The molecule has 0 bridgehead atoms. The van der Waals surface area contributed by atoms with E-state index in [1.807, 2.05) is 19.1 Å². The second-order valence-electron chi connectivity index (χ2n) is 5.97. The van der Waals surface area contributed by atoms with E-state index in [9.17, 15) is 14.7 Å². The lowest BCUT2D eigenvalue weighted by Gasteiger charge is -2.31. The zero-order chi connectivity index (χ0) is 16.9. The van der Waals surface area contributed by atoms with Gasteiger partial charge >= 0.3 is 0 Å². The second kappa shape index (κ2) is 7.90. The zero-order valence-electron chi connectivity index (χ0n) is 13.1. The van der Waals surface area contributed by atoms with Crippen molar-refractivity contribution in [3.8, 4) is 0 Å². The van der Waals surface area contributed by atoms with Gasteiger partial charge in [-0.1, -0.05) is 15.9 Å². The number of hydrogen-bond donors (Lipinski definition) is 4. The summed E-state index contributed by atoms with van der Waals surface area (Å²) >= 11 is 3.40. The summed E-state index contributed by atoms with van der Waals surface area (Å²) in [6.07, 6.45) is 1.44. The molecule has 1 heterocycles. The van der Waals surface area contributed by atoms with E-state index in [0.29, 0.717) is 18.7 Å². The predicted octanol–water partition coefficient (Wildman–Crippen LogP) is 1.32. The van der Waals surface area contributed by atoms with Crippen molar-refractivity contribution in [1.29, 1.82) is 0 Å². The summed E-state index contributed by atoms with van der Waals surface area (Å²) in [6.45, 7) is 3.08. The first kappa shape index (κ1) is 17.9.